The van der Waals surface area contributed by atoms with Gasteiger partial charge in [0.1, 0.15) is 10.7 Å². The monoisotopic (exact) mass is 361 g/mol. The second-order valence-corrected chi connectivity index (χ2v) is 6.83. The minimum Gasteiger partial charge on any atom is -0.278 e. The molecule has 1 heterocycles. The van der Waals surface area contributed by atoms with Crippen molar-refractivity contribution in [3.05, 3.63) is 39.9 Å². The number of nitrogens with zero attached hydrogens (tertiary/aromatic N) is 2. The maximum absolute atomic E-state index is 13.2. The summed E-state index contributed by atoms with van der Waals surface area (Å²) in [7, 11) is -2.16. The van der Waals surface area contributed by atoms with Crippen molar-refractivity contribution in [2.24, 2.45) is 7.05 Å². The number of anilines is 1. The summed E-state index contributed by atoms with van der Waals surface area (Å²) >= 11 is 3.18. The summed E-state index contributed by atoms with van der Waals surface area (Å²) in [6.07, 6.45) is 0. The highest BCUT2D eigenvalue weighted by molar-refractivity contribution is 9.10. The predicted octanol–water partition coefficient (Wildman–Crippen LogP) is 2.74. The lowest BCUT2D eigenvalue weighted by molar-refractivity contribution is 0.599. The number of aromatic nitrogens is 2. The van der Waals surface area contributed by atoms with Gasteiger partial charge >= 0.3 is 0 Å². The van der Waals surface area contributed by atoms with E-state index in [1.807, 2.05) is 0 Å². The molecular weight excluding hydrogens is 349 g/mol. The van der Waals surface area contributed by atoms with Gasteiger partial charge in [0.2, 0.25) is 0 Å². The summed E-state index contributed by atoms with van der Waals surface area (Å²) in [6.45, 7) is 3.28. The van der Waals surface area contributed by atoms with E-state index in [1.165, 1.54) is 16.8 Å². The summed E-state index contributed by atoms with van der Waals surface area (Å²) in [4.78, 5) is 0.108. The summed E-state index contributed by atoms with van der Waals surface area (Å²) in [5.74, 6) is -0.523. The molecule has 0 fully saturated rings. The van der Waals surface area contributed by atoms with Gasteiger partial charge in [-0.3, -0.25) is 9.40 Å². The number of aryl methyl sites for hydroxylation is 2. The molecule has 5 nitrogen and oxygen atoms in total. The van der Waals surface area contributed by atoms with Crippen LogP contribution in [0.4, 0.5) is 10.1 Å². The van der Waals surface area contributed by atoms with Crippen molar-refractivity contribution in [2.75, 3.05) is 4.72 Å². The predicted molar refractivity (Wildman–Crippen MR) is 77.6 cm³/mol. The fourth-order valence-electron chi connectivity index (χ4n) is 1.91. The second kappa shape index (κ2) is 5.17. The standard InChI is InChI=1S/C12H13BrFN3O2S/c1-7-12(8(2)17(3)15-7)20(18,19)16-11-6-9(14)4-5-10(11)13/h4-6,16H,1-3H3. The molecule has 1 aromatic heterocycles. The van der Waals surface area contributed by atoms with Crippen molar-refractivity contribution in [1.82, 2.24) is 9.78 Å². The van der Waals surface area contributed by atoms with E-state index in [-0.39, 0.29) is 10.6 Å². The number of halogens is 2. The van der Waals surface area contributed by atoms with Crippen LogP contribution in [0.25, 0.3) is 0 Å². The van der Waals surface area contributed by atoms with Crippen LogP contribution >= 0.6 is 15.9 Å². The molecule has 0 unspecified atom stereocenters. The van der Waals surface area contributed by atoms with Crippen molar-refractivity contribution in [3.63, 3.8) is 0 Å². The van der Waals surface area contributed by atoms with Crippen LogP contribution in [0.1, 0.15) is 11.4 Å². The highest BCUT2D eigenvalue weighted by Crippen LogP contribution is 2.27. The van der Waals surface area contributed by atoms with E-state index in [0.29, 0.717) is 15.9 Å². The first kappa shape index (κ1) is 15.0. The Bertz CT molecular complexity index is 771. The zero-order valence-corrected chi connectivity index (χ0v) is 13.5. The third-order valence-corrected chi connectivity index (χ3v) is 5.19. The van der Waals surface area contributed by atoms with Crippen LogP contribution in [0.5, 0.6) is 0 Å². The van der Waals surface area contributed by atoms with Crippen LogP contribution in [-0.4, -0.2) is 18.2 Å². The first-order chi connectivity index (χ1) is 9.22. The molecule has 0 saturated carbocycles. The minimum atomic E-state index is -3.82. The lowest BCUT2D eigenvalue weighted by Gasteiger charge is -2.10. The van der Waals surface area contributed by atoms with Crippen LogP contribution < -0.4 is 4.72 Å². The Morgan fingerprint density at radius 1 is 1.35 bits per heavy atom. The Balaban J connectivity index is 2.49. The maximum Gasteiger partial charge on any atom is 0.265 e. The van der Waals surface area contributed by atoms with Gasteiger partial charge in [-0.15, -0.1) is 0 Å². The fourth-order valence-corrected chi connectivity index (χ4v) is 3.90. The van der Waals surface area contributed by atoms with Gasteiger partial charge in [0.15, 0.2) is 0 Å². The molecule has 0 aliphatic heterocycles. The molecule has 0 atom stereocenters. The van der Waals surface area contributed by atoms with Crippen molar-refractivity contribution in [1.29, 1.82) is 0 Å². The van der Waals surface area contributed by atoms with Crippen molar-refractivity contribution in [2.45, 2.75) is 18.7 Å². The Labute approximate surface area is 125 Å². The molecule has 0 amide bonds. The molecule has 20 heavy (non-hydrogen) atoms. The lowest BCUT2D eigenvalue weighted by atomic mass is 10.3. The smallest absolute Gasteiger partial charge is 0.265 e. The number of hydrogen-bond donors (Lipinski definition) is 1. The maximum atomic E-state index is 13.2. The molecular formula is C12H13BrFN3O2S. The summed E-state index contributed by atoms with van der Waals surface area (Å²) in [5, 5.41) is 4.07. The number of nitrogens with one attached hydrogen (secondary N) is 1. The van der Waals surface area contributed by atoms with Crippen LogP contribution in [0, 0.1) is 19.7 Å². The van der Waals surface area contributed by atoms with Crippen LogP contribution in [0.3, 0.4) is 0 Å². The molecule has 0 aliphatic carbocycles. The minimum absolute atomic E-state index is 0.108. The highest BCUT2D eigenvalue weighted by atomic mass is 79.9. The molecule has 2 rings (SSSR count). The number of rotatable bonds is 3. The summed E-state index contributed by atoms with van der Waals surface area (Å²) in [5.41, 5.74) is 1.06. The summed E-state index contributed by atoms with van der Waals surface area (Å²) in [6, 6.07) is 3.79. The molecule has 1 aromatic carbocycles. The van der Waals surface area contributed by atoms with Gasteiger partial charge in [0.25, 0.3) is 10.0 Å². The van der Waals surface area contributed by atoms with Crippen LogP contribution in [0.15, 0.2) is 27.6 Å². The van der Waals surface area contributed by atoms with E-state index < -0.39 is 15.8 Å². The highest BCUT2D eigenvalue weighted by Gasteiger charge is 2.24. The molecule has 0 bridgehead atoms. The second-order valence-electron chi connectivity index (χ2n) is 4.35. The van der Waals surface area contributed by atoms with Gasteiger partial charge in [-0.05, 0) is 48.0 Å². The van der Waals surface area contributed by atoms with Gasteiger partial charge in [-0.2, -0.15) is 5.10 Å². The largest absolute Gasteiger partial charge is 0.278 e. The third kappa shape index (κ3) is 2.71. The Morgan fingerprint density at radius 2 is 2.00 bits per heavy atom. The molecule has 0 aliphatic rings. The molecule has 8 heteroatoms. The number of sulfonamides is 1. The normalized spacial score (nSPS) is 11.7. The van der Waals surface area contributed by atoms with Crippen molar-refractivity contribution >= 4 is 31.6 Å². The topological polar surface area (TPSA) is 64.0 Å². The Kier molecular flexibility index (Phi) is 3.88. The molecule has 0 saturated heterocycles. The van der Waals surface area contributed by atoms with Gasteiger partial charge < -0.3 is 0 Å². The summed E-state index contributed by atoms with van der Waals surface area (Å²) < 4.78 is 42.4. The quantitative estimate of drug-likeness (QED) is 0.913. The Hall–Kier alpha value is -1.41. The van der Waals surface area contributed by atoms with Crippen molar-refractivity contribution < 1.29 is 12.8 Å². The van der Waals surface area contributed by atoms with Crippen LogP contribution in [0.2, 0.25) is 0 Å². The molecule has 0 spiro atoms. The van der Waals surface area contributed by atoms with Crippen LogP contribution in [-0.2, 0) is 17.1 Å². The van der Waals surface area contributed by atoms with E-state index in [2.05, 4.69) is 25.8 Å². The van der Waals surface area contributed by atoms with E-state index >= 15 is 0 Å². The first-order valence-corrected chi connectivity index (χ1v) is 7.98. The first-order valence-electron chi connectivity index (χ1n) is 5.70. The molecule has 1 N–H and O–H groups in total. The zero-order valence-electron chi connectivity index (χ0n) is 11.1. The number of hydrogen-bond acceptors (Lipinski definition) is 3. The van der Waals surface area contributed by atoms with Crippen molar-refractivity contribution in [3.8, 4) is 0 Å². The average Bonchev–Trinajstić information content (AvgIpc) is 2.58. The van der Waals surface area contributed by atoms with E-state index in [9.17, 15) is 12.8 Å². The van der Waals surface area contributed by atoms with Gasteiger partial charge in [0, 0.05) is 11.5 Å². The lowest BCUT2D eigenvalue weighted by Crippen LogP contribution is -2.15. The SMILES string of the molecule is Cc1nn(C)c(C)c1S(=O)(=O)Nc1cc(F)ccc1Br. The zero-order chi connectivity index (χ0) is 15.1. The van der Waals surface area contributed by atoms with E-state index in [0.717, 1.165) is 6.07 Å². The van der Waals surface area contributed by atoms with Gasteiger partial charge in [0.05, 0.1) is 17.1 Å². The molecule has 0 radical (unpaired) electrons. The number of benzene rings is 1. The third-order valence-electron chi connectivity index (χ3n) is 2.88. The van der Waals surface area contributed by atoms with Gasteiger partial charge in [-0.1, -0.05) is 0 Å². The Morgan fingerprint density at radius 3 is 2.55 bits per heavy atom. The van der Waals surface area contributed by atoms with Gasteiger partial charge in [-0.25, -0.2) is 12.8 Å². The average molecular weight is 362 g/mol. The van der Waals surface area contributed by atoms with E-state index in [4.69, 9.17) is 0 Å². The van der Waals surface area contributed by atoms with E-state index in [1.54, 1.807) is 20.9 Å². The fraction of sp³-hybridized carbons (Fsp3) is 0.250. The molecule has 2 aromatic rings. The molecule has 108 valence electrons.